The number of sulfonamides is 1. The fraction of sp³-hybridized carbons (Fsp3) is 0.500. The van der Waals surface area contributed by atoms with E-state index in [9.17, 15) is 8.42 Å². The molecular formula is C14H21N5O2S. The molecule has 0 fully saturated rings. The molecule has 0 radical (unpaired) electrons. The molecule has 0 saturated heterocycles. The molecule has 0 unspecified atom stereocenters. The molecule has 0 aliphatic carbocycles. The first-order chi connectivity index (χ1) is 10.4. The Morgan fingerprint density at radius 3 is 2.55 bits per heavy atom. The number of unbranched alkanes of at least 4 members (excludes halogenated alkanes) is 1. The van der Waals surface area contributed by atoms with Crippen molar-refractivity contribution in [1.29, 1.82) is 0 Å². The molecular weight excluding hydrogens is 302 g/mol. The van der Waals surface area contributed by atoms with E-state index >= 15 is 0 Å². The van der Waals surface area contributed by atoms with E-state index in [1.807, 2.05) is 6.92 Å². The zero-order chi connectivity index (χ0) is 16.2. The lowest BCUT2D eigenvalue weighted by Crippen LogP contribution is -2.28. The first kappa shape index (κ1) is 16.6. The van der Waals surface area contributed by atoms with Gasteiger partial charge in [0.1, 0.15) is 0 Å². The summed E-state index contributed by atoms with van der Waals surface area (Å²) in [5.74, 6) is 0.548. The van der Waals surface area contributed by atoms with E-state index in [0.717, 1.165) is 18.4 Å². The topological polar surface area (TPSA) is 81.0 Å². The maximum absolute atomic E-state index is 12.5. The van der Waals surface area contributed by atoms with Crippen LogP contribution in [0, 0.1) is 6.92 Å². The minimum Gasteiger partial charge on any atom is -0.228 e. The van der Waals surface area contributed by atoms with Gasteiger partial charge in [0.05, 0.1) is 11.4 Å². The lowest BCUT2D eigenvalue weighted by molar-refractivity contribution is 0.434. The molecule has 0 bridgehead atoms. The molecule has 0 atom stereocenters. The highest BCUT2D eigenvalue weighted by Gasteiger charge is 2.22. The number of nitrogens with zero attached hydrogens (tertiary/aromatic N) is 5. The van der Waals surface area contributed by atoms with Gasteiger partial charge in [-0.15, -0.1) is 5.10 Å². The van der Waals surface area contributed by atoms with Crippen molar-refractivity contribution in [2.75, 3.05) is 7.05 Å². The first-order valence-electron chi connectivity index (χ1n) is 7.23. The van der Waals surface area contributed by atoms with Crippen molar-refractivity contribution in [3.05, 3.63) is 35.7 Å². The summed E-state index contributed by atoms with van der Waals surface area (Å²) in [4.78, 5) is 0.271. The maximum Gasteiger partial charge on any atom is 0.243 e. The van der Waals surface area contributed by atoms with E-state index in [0.29, 0.717) is 12.4 Å². The molecule has 1 aromatic carbocycles. The van der Waals surface area contributed by atoms with Gasteiger partial charge >= 0.3 is 0 Å². The van der Waals surface area contributed by atoms with Gasteiger partial charge in [-0.2, -0.15) is 4.31 Å². The van der Waals surface area contributed by atoms with E-state index in [-0.39, 0.29) is 11.4 Å². The van der Waals surface area contributed by atoms with Crippen LogP contribution in [0.15, 0.2) is 29.2 Å². The Labute approximate surface area is 131 Å². The molecule has 8 heteroatoms. The van der Waals surface area contributed by atoms with Crippen LogP contribution in [0.25, 0.3) is 0 Å². The lowest BCUT2D eigenvalue weighted by atomic mass is 10.2. The lowest BCUT2D eigenvalue weighted by Gasteiger charge is -2.16. The van der Waals surface area contributed by atoms with Gasteiger partial charge in [0, 0.05) is 13.6 Å². The molecule has 1 heterocycles. The molecule has 22 heavy (non-hydrogen) atoms. The van der Waals surface area contributed by atoms with Crippen LogP contribution in [0.2, 0.25) is 0 Å². The monoisotopic (exact) mass is 323 g/mol. The fourth-order valence-corrected chi connectivity index (χ4v) is 3.12. The Bertz CT molecular complexity index is 709. The van der Waals surface area contributed by atoms with Crippen LogP contribution >= 0.6 is 0 Å². The van der Waals surface area contributed by atoms with E-state index in [4.69, 9.17) is 0 Å². The summed E-state index contributed by atoms with van der Waals surface area (Å²) >= 11 is 0. The molecule has 0 N–H and O–H groups in total. The highest BCUT2D eigenvalue weighted by atomic mass is 32.2. The summed E-state index contributed by atoms with van der Waals surface area (Å²) in [6, 6.07) is 6.79. The van der Waals surface area contributed by atoms with Gasteiger partial charge in [0.2, 0.25) is 10.0 Å². The molecule has 1 aromatic heterocycles. The van der Waals surface area contributed by atoms with Crippen LogP contribution in [-0.4, -0.2) is 40.0 Å². The normalized spacial score (nSPS) is 12.0. The Kier molecular flexibility index (Phi) is 5.25. The van der Waals surface area contributed by atoms with Gasteiger partial charge in [-0.3, -0.25) is 0 Å². The average molecular weight is 323 g/mol. The Morgan fingerprint density at radius 2 is 1.91 bits per heavy atom. The number of hydrogen-bond acceptors (Lipinski definition) is 5. The third-order valence-corrected chi connectivity index (χ3v) is 5.24. The minimum atomic E-state index is -3.54. The summed E-state index contributed by atoms with van der Waals surface area (Å²) in [6.07, 6.45) is 1.98. The second kappa shape index (κ2) is 6.97. The van der Waals surface area contributed by atoms with E-state index < -0.39 is 10.0 Å². The Balaban J connectivity index is 2.16. The fourth-order valence-electron chi connectivity index (χ4n) is 1.99. The van der Waals surface area contributed by atoms with Crippen LogP contribution in [-0.2, 0) is 23.1 Å². The summed E-state index contributed by atoms with van der Waals surface area (Å²) in [5, 5.41) is 11.5. The van der Waals surface area contributed by atoms with Gasteiger partial charge in [-0.25, -0.2) is 13.1 Å². The third kappa shape index (κ3) is 3.69. The molecule has 120 valence electrons. The zero-order valence-corrected chi connectivity index (χ0v) is 13.9. The SMILES string of the molecule is CCCCn1nnnc1CN(C)S(=O)(=O)c1ccc(C)cc1. The van der Waals surface area contributed by atoms with Gasteiger partial charge in [0.25, 0.3) is 0 Å². The molecule has 0 spiro atoms. The molecule has 0 amide bonds. The molecule has 0 saturated carbocycles. The smallest absolute Gasteiger partial charge is 0.228 e. The van der Waals surface area contributed by atoms with Crippen LogP contribution in [0.1, 0.15) is 31.2 Å². The van der Waals surface area contributed by atoms with Crippen LogP contribution < -0.4 is 0 Å². The number of tetrazole rings is 1. The average Bonchev–Trinajstić information content (AvgIpc) is 2.92. The van der Waals surface area contributed by atoms with Crippen LogP contribution in [0.4, 0.5) is 0 Å². The van der Waals surface area contributed by atoms with E-state index in [1.54, 1.807) is 28.9 Å². The molecule has 0 aliphatic heterocycles. The van der Waals surface area contributed by atoms with Crippen molar-refractivity contribution >= 4 is 10.0 Å². The predicted molar refractivity (Wildman–Crippen MR) is 82.6 cm³/mol. The van der Waals surface area contributed by atoms with Crippen molar-refractivity contribution in [1.82, 2.24) is 24.5 Å². The summed E-state index contributed by atoms with van der Waals surface area (Å²) in [7, 11) is -2.01. The number of rotatable bonds is 7. The van der Waals surface area contributed by atoms with Crippen molar-refractivity contribution in [3.63, 3.8) is 0 Å². The van der Waals surface area contributed by atoms with Gasteiger partial charge in [-0.1, -0.05) is 31.0 Å². The Hall–Kier alpha value is -1.80. The molecule has 2 aromatic rings. The van der Waals surface area contributed by atoms with Crippen molar-refractivity contribution in [2.24, 2.45) is 0 Å². The maximum atomic E-state index is 12.5. The molecule has 7 nitrogen and oxygen atoms in total. The van der Waals surface area contributed by atoms with Gasteiger partial charge < -0.3 is 0 Å². The zero-order valence-electron chi connectivity index (χ0n) is 13.1. The van der Waals surface area contributed by atoms with Crippen molar-refractivity contribution in [2.45, 2.75) is 44.7 Å². The highest BCUT2D eigenvalue weighted by Crippen LogP contribution is 2.16. The van der Waals surface area contributed by atoms with E-state index in [1.165, 1.54) is 11.4 Å². The van der Waals surface area contributed by atoms with Crippen LogP contribution in [0.5, 0.6) is 0 Å². The van der Waals surface area contributed by atoms with Crippen LogP contribution in [0.3, 0.4) is 0 Å². The highest BCUT2D eigenvalue weighted by molar-refractivity contribution is 7.89. The minimum absolute atomic E-state index is 0.146. The standard InChI is InChI=1S/C14H21N5O2S/c1-4-5-10-19-14(15-16-17-19)11-18(3)22(20,21)13-8-6-12(2)7-9-13/h6-9H,4-5,10-11H2,1-3H3. The van der Waals surface area contributed by atoms with Gasteiger partial charge in [0.15, 0.2) is 5.82 Å². The molecule has 0 aliphatic rings. The third-order valence-electron chi connectivity index (χ3n) is 3.42. The van der Waals surface area contributed by atoms with Gasteiger partial charge in [-0.05, 0) is 35.9 Å². The number of benzene rings is 1. The second-order valence-electron chi connectivity index (χ2n) is 5.25. The number of aryl methyl sites for hydroxylation is 2. The summed E-state index contributed by atoms with van der Waals surface area (Å²) in [6.45, 7) is 4.84. The first-order valence-corrected chi connectivity index (χ1v) is 8.67. The Morgan fingerprint density at radius 1 is 1.23 bits per heavy atom. The van der Waals surface area contributed by atoms with Crippen molar-refractivity contribution in [3.8, 4) is 0 Å². The predicted octanol–water partition coefficient (Wildman–Crippen LogP) is 1.60. The summed E-state index contributed by atoms with van der Waals surface area (Å²) in [5.41, 5.74) is 1.02. The number of aromatic nitrogens is 4. The molecule has 2 rings (SSSR count). The van der Waals surface area contributed by atoms with Crippen molar-refractivity contribution < 1.29 is 8.42 Å². The van der Waals surface area contributed by atoms with E-state index in [2.05, 4.69) is 22.4 Å². The second-order valence-corrected chi connectivity index (χ2v) is 7.29. The quantitative estimate of drug-likeness (QED) is 0.773. The summed E-state index contributed by atoms with van der Waals surface area (Å²) < 4.78 is 28.0. The largest absolute Gasteiger partial charge is 0.243 e. The number of hydrogen-bond donors (Lipinski definition) is 0.